The van der Waals surface area contributed by atoms with Gasteiger partial charge in [-0.05, 0) is 13.3 Å². The number of rotatable bonds is 5. The van der Waals surface area contributed by atoms with E-state index in [-0.39, 0.29) is 25.5 Å². The van der Waals surface area contributed by atoms with Crippen molar-refractivity contribution in [3.05, 3.63) is 0 Å². The van der Waals surface area contributed by atoms with Gasteiger partial charge in [-0.2, -0.15) is 0 Å². The highest BCUT2D eigenvalue weighted by Crippen LogP contribution is 2.08. The van der Waals surface area contributed by atoms with Crippen molar-refractivity contribution < 1.29 is 24.2 Å². The Morgan fingerprint density at radius 2 is 2.10 bits per heavy atom. The fourth-order valence-corrected chi connectivity index (χ4v) is 1.93. The Hall–Kier alpha value is -1.83. The number of morpholine rings is 1. The van der Waals surface area contributed by atoms with Crippen molar-refractivity contribution in [2.45, 2.75) is 32.4 Å². The van der Waals surface area contributed by atoms with Gasteiger partial charge in [0.25, 0.3) is 0 Å². The lowest BCUT2D eigenvalue weighted by atomic mass is 10.2. The zero-order valence-electron chi connectivity index (χ0n) is 11.7. The molecule has 8 heteroatoms. The number of hydrogen-bond donors (Lipinski definition) is 3. The smallest absolute Gasteiger partial charge is 0.326 e. The highest BCUT2D eigenvalue weighted by Gasteiger charge is 2.34. The van der Waals surface area contributed by atoms with E-state index in [1.807, 2.05) is 0 Å². The van der Waals surface area contributed by atoms with Crippen molar-refractivity contribution in [1.29, 1.82) is 0 Å². The molecule has 0 bridgehead atoms. The van der Waals surface area contributed by atoms with Crippen LogP contribution < -0.4 is 10.6 Å². The van der Waals surface area contributed by atoms with Gasteiger partial charge in [0.15, 0.2) is 0 Å². The van der Waals surface area contributed by atoms with Crippen LogP contribution in [-0.4, -0.2) is 66.3 Å². The molecule has 0 spiro atoms. The fourth-order valence-electron chi connectivity index (χ4n) is 1.93. The number of likely N-dealkylation sites (N-methyl/N-ethyl adjacent to an activating group) is 1. The predicted octanol–water partition coefficient (Wildman–Crippen LogP) is -0.604. The number of carbonyl (C=O) groups excluding carboxylic acids is 2. The topological polar surface area (TPSA) is 108 Å². The molecule has 3 N–H and O–H groups in total. The van der Waals surface area contributed by atoms with Crippen molar-refractivity contribution >= 4 is 17.9 Å². The van der Waals surface area contributed by atoms with E-state index in [4.69, 9.17) is 9.84 Å². The molecular formula is C12H21N3O5. The molecule has 114 valence electrons. The highest BCUT2D eigenvalue weighted by molar-refractivity contribution is 5.89. The Morgan fingerprint density at radius 1 is 1.40 bits per heavy atom. The molecular weight excluding hydrogens is 266 g/mol. The first-order chi connectivity index (χ1) is 9.51. The van der Waals surface area contributed by atoms with E-state index in [0.29, 0.717) is 13.2 Å². The van der Waals surface area contributed by atoms with E-state index in [1.165, 1.54) is 4.90 Å². The number of carboxylic acid groups (broad SMARTS) is 1. The van der Waals surface area contributed by atoms with E-state index in [1.54, 1.807) is 13.8 Å². The summed E-state index contributed by atoms with van der Waals surface area (Å²) >= 11 is 0. The minimum absolute atomic E-state index is 0.114. The van der Waals surface area contributed by atoms with Gasteiger partial charge >= 0.3 is 12.0 Å². The minimum Gasteiger partial charge on any atom is -0.480 e. The molecule has 1 rings (SSSR count). The second-order valence-electron chi connectivity index (χ2n) is 4.43. The Morgan fingerprint density at radius 3 is 2.65 bits per heavy atom. The molecule has 0 aromatic carbocycles. The van der Waals surface area contributed by atoms with E-state index < -0.39 is 24.1 Å². The summed E-state index contributed by atoms with van der Waals surface area (Å²) in [6.45, 7) is 4.60. The summed E-state index contributed by atoms with van der Waals surface area (Å²) in [6.07, 6.45) is 0.275. The standard InChI is InChI=1S/C12H21N3O5/c1-3-8(11(17)18)14-12(19)15-5-6-20-7-9(15)10(16)13-4-2/h8-9H,3-7H2,1-2H3,(H,13,16)(H,14,19)(H,17,18)/t8-,9?/m0/s1. The number of carbonyl (C=O) groups is 3. The van der Waals surface area contributed by atoms with Crippen LogP contribution in [0.15, 0.2) is 0 Å². The van der Waals surface area contributed by atoms with Crippen LogP contribution >= 0.6 is 0 Å². The molecule has 1 unspecified atom stereocenters. The lowest BCUT2D eigenvalue weighted by Gasteiger charge is -2.35. The van der Waals surface area contributed by atoms with Crippen LogP contribution in [0.2, 0.25) is 0 Å². The molecule has 1 heterocycles. The number of hydrogen-bond acceptors (Lipinski definition) is 4. The molecule has 0 aliphatic carbocycles. The van der Waals surface area contributed by atoms with Crippen molar-refractivity contribution in [3.8, 4) is 0 Å². The maximum atomic E-state index is 12.1. The Kier molecular flexibility index (Phi) is 6.23. The third-order valence-corrected chi connectivity index (χ3v) is 3.05. The predicted molar refractivity (Wildman–Crippen MR) is 70.2 cm³/mol. The molecule has 1 saturated heterocycles. The van der Waals surface area contributed by atoms with E-state index in [9.17, 15) is 14.4 Å². The number of aliphatic carboxylic acids is 1. The van der Waals surface area contributed by atoms with Crippen LogP contribution in [0.25, 0.3) is 0 Å². The molecule has 0 aromatic rings. The van der Waals surface area contributed by atoms with Gasteiger partial charge in [0, 0.05) is 13.1 Å². The Labute approximate surface area is 117 Å². The van der Waals surface area contributed by atoms with Gasteiger partial charge in [0.1, 0.15) is 12.1 Å². The molecule has 0 saturated carbocycles. The van der Waals surface area contributed by atoms with Crippen LogP contribution in [-0.2, 0) is 14.3 Å². The Balaban J connectivity index is 2.71. The van der Waals surface area contributed by atoms with Gasteiger partial charge in [0.2, 0.25) is 5.91 Å². The van der Waals surface area contributed by atoms with Gasteiger partial charge in [-0.25, -0.2) is 9.59 Å². The summed E-state index contributed by atoms with van der Waals surface area (Å²) in [5.41, 5.74) is 0. The molecule has 0 radical (unpaired) electrons. The Bertz CT molecular complexity index is 374. The van der Waals surface area contributed by atoms with Crippen molar-refractivity contribution in [1.82, 2.24) is 15.5 Å². The highest BCUT2D eigenvalue weighted by atomic mass is 16.5. The summed E-state index contributed by atoms with van der Waals surface area (Å²) in [4.78, 5) is 36.2. The summed E-state index contributed by atoms with van der Waals surface area (Å²) in [7, 11) is 0. The fraction of sp³-hybridized carbons (Fsp3) is 0.750. The third-order valence-electron chi connectivity index (χ3n) is 3.05. The van der Waals surface area contributed by atoms with Crippen LogP contribution in [0.3, 0.4) is 0 Å². The molecule has 1 fully saturated rings. The van der Waals surface area contributed by atoms with E-state index in [2.05, 4.69) is 10.6 Å². The van der Waals surface area contributed by atoms with Crippen LogP contribution in [0, 0.1) is 0 Å². The second kappa shape index (κ2) is 7.68. The summed E-state index contributed by atoms with van der Waals surface area (Å²) in [5.74, 6) is -1.39. The number of nitrogens with zero attached hydrogens (tertiary/aromatic N) is 1. The van der Waals surface area contributed by atoms with Gasteiger partial charge in [-0.1, -0.05) is 6.92 Å². The third kappa shape index (κ3) is 4.09. The van der Waals surface area contributed by atoms with E-state index >= 15 is 0 Å². The molecule has 1 aliphatic heterocycles. The van der Waals surface area contributed by atoms with Crippen LogP contribution in [0.1, 0.15) is 20.3 Å². The first-order valence-corrected chi connectivity index (χ1v) is 6.66. The lowest BCUT2D eigenvalue weighted by molar-refractivity contribution is -0.139. The zero-order chi connectivity index (χ0) is 15.1. The van der Waals surface area contributed by atoms with Crippen molar-refractivity contribution in [2.75, 3.05) is 26.3 Å². The summed E-state index contributed by atoms with van der Waals surface area (Å²) in [5, 5.41) is 14.0. The first-order valence-electron chi connectivity index (χ1n) is 6.66. The summed E-state index contributed by atoms with van der Waals surface area (Å²) in [6, 6.07) is -2.24. The average Bonchev–Trinajstić information content (AvgIpc) is 2.44. The number of nitrogens with one attached hydrogen (secondary N) is 2. The number of urea groups is 1. The molecule has 1 aliphatic rings. The first kappa shape index (κ1) is 16.2. The van der Waals surface area contributed by atoms with E-state index in [0.717, 1.165) is 0 Å². The normalized spacial score (nSPS) is 20.1. The molecule has 20 heavy (non-hydrogen) atoms. The number of ether oxygens (including phenoxy) is 1. The molecule has 8 nitrogen and oxygen atoms in total. The van der Waals surface area contributed by atoms with Crippen molar-refractivity contribution in [2.24, 2.45) is 0 Å². The van der Waals surface area contributed by atoms with Crippen LogP contribution in [0.4, 0.5) is 4.79 Å². The monoisotopic (exact) mass is 287 g/mol. The van der Waals surface area contributed by atoms with Crippen LogP contribution in [0.5, 0.6) is 0 Å². The molecule has 0 aromatic heterocycles. The largest absolute Gasteiger partial charge is 0.480 e. The average molecular weight is 287 g/mol. The maximum absolute atomic E-state index is 12.1. The second-order valence-corrected chi connectivity index (χ2v) is 4.43. The number of amides is 3. The SMILES string of the molecule is CCNC(=O)C1COCCN1C(=O)N[C@@H](CC)C(=O)O. The maximum Gasteiger partial charge on any atom is 0.326 e. The minimum atomic E-state index is -1.09. The van der Waals surface area contributed by atoms with Gasteiger partial charge in [0.05, 0.1) is 13.2 Å². The van der Waals surface area contributed by atoms with Gasteiger partial charge in [-0.3, -0.25) is 4.79 Å². The number of carboxylic acids is 1. The van der Waals surface area contributed by atoms with Gasteiger partial charge in [-0.15, -0.1) is 0 Å². The quantitative estimate of drug-likeness (QED) is 0.625. The zero-order valence-corrected chi connectivity index (χ0v) is 11.7. The molecule has 3 amide bonds. The lowest BCUT2D eigenvalue weighted by Crippen LogP contribution is -2.59. The van der Waals surface area contributed by atoms with Gasteiger partial charge < -0.3 is 25.4 Å². The molecule has 2 atom stereocenters. The van der Waals surface area contributed by atoms with Crippen molar-refractivity contribution in [3.63, 3.8) is 0 Å². The summed E-state index contributed by atoms with van der Waals surface area (Å²) < 4.78 is 5.21.